The molecule has 2 heterocycles. The Kier molecular flexibility index (Phi) is 5.59. The van der Waals surface area contributed by atoms with Crippen molar-refractivity contribution in [3.63, 3.8) is 0 Å². The van der Waals surface area contributed by atoms with Crippen molar-refractivity contribution >= 4 is 11.3 Å². The van der Waals surface area contributed by atoms with E-state index in [1.165, 1.54) is 27.5 Å². The maximum Gasteiger partial charge on any atom is 0.159 e. The minimum atomic E-state index is -0.791. The molecule has 0 aliphatic carbocycles. The number of hydrogen-bond acceptors (Lipinski definition) is 2. The van der Waals surface area contributed by atoms with Gasteiger partial charge >= 0.3 is 0 Å². The highest BCUT2D eigenvalue weighted by molar-refractivity contribution is 7.15. The number of aromatic nitrogens is 1. The first-order valence-corrected chi connectivity index (χ1v) is 9.34. The lowest BCUT2D eigenvalue weighted by molar-refractivity contribution is 0.503. The van der Waals surface area contributed by atoms with Gasteiger partial charge < -0.3 is 0 Å². The van der Waals surface area contributed by atoms with E-state index in [-0.39, 0.29) is 0 Å². The van der Waals surface area contributed by atoms with E-state index < -0.39 is 11.6 Å². The van der Waals surface area contributed by atoms with Gasteiger partial charge in [-0.15, -0.1) is 11.3 Å². The number of thiophene rings is 1. The maximum atomic E-state index is 13.4. The van der Waals surface area contributed by atoms with Crippen molar-refractivity contribution in [3.8, 4) is 10.4 Å². The molecule has 1 unspecified atom stereocenters. The van der Waals surface area contributed by atoms with Crippen LogP contribution in [0.1, 0.15) is 29.9 Å². The molecule has 0 saturated heterocycles. The minimum absolute atomic E-state index is 0.333. The van der Waals surface area contributed by atoms with Gasteiger partial charge in [0.05, 0.1) is 0 Å². The summed E-state index contributed by atoms with van der Waals surface area (Å²) in [5.41, 5.74) is 3.28. The normalized spacial score (nSPS) is 12.3. The van der Waals surface area contributed by atoms with Gasteiger partial charge in [0.15, 0.2) is 11.6 Å². The molecule has 0 spiro atoms. The van der Waals surface area contributed by atoms with Crippen LogP contribution in [0.5, 0.6) is 0 Å². The third-order valence-corrected chi connectivity index (χ3v) is 5.64. The topological polar surface area (TPSA) is 12.9 Å². The zero-order valence-corrected chi connectivity index (χ0v) is 15.2. The molecule has 4 heteroatoms. The Morgan fingerprint density at radius 1 is 1.08 bits per heavy atom. The largest absolute Gasteiger partial charge is 0.264 e. The third-order valence-electron chi connectivity index (χ3n) is 4.27. The Morgan fingerprint density at radius 3 is 2.60 bits per heavy atom. The highest BCUT2D eigenvalue weighted by Crippen LogP contribution is 2.34. The monoisotopic (exact) mass is 357 g/mol. The molecule has 0 saturated carbocycles. The summed E-state index contributed by atoms with van der Waals surface area (Å²) in [5, 5.41) is 0. The number of hydrogen-bond donors (Lipinski definition) is 0. The minimum Gasteiger partial charge on any atom is -0.264 e. The summed E-state index contributed by atoms with van der Waals surface area (Å²) in [7, 11) is 0. The molecule has 0 amide bonds. The van der Waals surface area contributed by atoms with Crippen molar-refractivity contribution in [2.24, 2.45) is 5.92 Å². The van der Waals surface area contributed by atoms with Crippen LogP contribution in [0.15, 0.2) is 48.8 Å². The van der Waals surface area contributed by atoms with Crippen molar-refractivity contribution in [1.82, 2.24) is 4.98 Å². The first-order valence-electron chi connectivity index (χ1n) is 8.52. The molecule has 1 atom stereocenters. The van der Waals surface area contributed by atoms with Crippen molar-refractivity contribution in [2.45, 2.75) is 33.1 Å². The molecule has 0 N–H and O–H groups in total. The lowest BCUT2D eigenvalue weighted by atomic mass is 9.93. The number of aryl methyl sites for hydroxylation is 1. The zero-order chi connectivity index (χ0) is 17.8. The molecule has 1 aromatic carbocycles. The van der Waals surface area contributed by atoms with Crippen molar-refractivity contribution in [3.05, 3.63) is 76.4 Å². The van der Waals surface area contributed by atoms with Crippen LogP contribution in [-0.4, -0.2) is 4.98 Å². The Labute approximate surface area is 151 Å². The lowest BCUT2D eigenvalue weighted by Gasteiger charge is -2.12. The fraction of sp³-hybridized carbons (Fsp3) is 0.286. The second-order valence-corrected chi connectivity index (χ2v) is 7.56. The highest BCUT2D eigenvalue weighted by atomic mass is 32.1. The van der Waals surface area contributed by atoms with Gasteiger partial charge in [0.25, 0.3) is 0 Å². The molecular formula is C21H21F2NS. The third kappa shape index (κ3) is 4.31. The molecule has 1 nitrogen and oxygen atoms in total. The fourth-order valence-corrected chi connectivity index (χ4v) is 4.19. The number of nitrogens with zero attached hydrogens (tertiary/aromatic N) is 1. The van der Waals surface area contributed by atoms with Gasteiger partial charge in [-0.05, 0) is 60.6 Å². The summed E-state index contributed by atoms with van der Waals surface area (Å²) in [6.45, 7) is 4.31. The van der Waals surface area contributed by atoms with E-state index in [1.807, 2.05) is 23.6 Å². The van der Waals surface area contributed by atoms with E-state index in [1.54, 1.807) is 12.3 Å². The van der Waals surface area contributed by atoms with Crippen LogP contribution in [0.4, 0.5) is 8.78 Å². The van der Waals surface area contributed by atoms with Crippen LogP contribution < -0.4 is 0 Å². The standard InChI is InChI=1S/C21H21F2NS/c1-3-18-12-17(21(25-18)16-5-4-8-24-13-16)10-14(2)9-15-6-7-19(22)20(23)11-15/h4-8,11-14H,3,9-10H2,1-2H3. The first kappa shape index (κ1) is 17.7. The van der Waals surface area contributed by atoms with E-state index >= 15 is 0 Å². The Morgan fingerprint density at radius 2 is 1.92 bits per heavy atom. The molecule has 0 fully saturated rings. The zero-order valence-electron chi connectivity index (χ0n) is 14.4. The molecule has 0 bridgehead atoms. The number of rotatable bonds is 6. The number of pyridine rings is 1. The predicted octanol–water partition coefficient (Wildman–Crippen LogP) is 6.07. The van der Waals surface area contributed by atoms with E-state index in [4.69, 9.17) is 0 Å². The summed E-state index contributed by atoms with van der Waals surface area (Å²) < 4.78 is 26.5. The summed E-state index contributed by atoms with van der Waals surface area (Å²) >= 11 is 1.82. The van der Waals surface area contributed by atoms with E-state index in [0.717, 1.165) is 30.4 Å². The summed E-state index contributed by atoms with van der Waals surface area (Å²) in [6, 6.07) is 10.5. The highest BCUT2D eigenvalue weighted by Gasteiger charge is 2.15. The van der Waals surface area contributed by atoms with Crippen molar-refractivity contribution < 1.29 is 8.78 Å². The van der Waals surface area contributed by atoms with Gasteiger partial charge in [0.1, 0.15) is 0 Å². The van der Waals surface area contributed by atoms with Crippen LogP contribution in [0.2, 0.25) is 0 Å². The van der Waals surface area contributed by atoms with E-state index in [0.29, 0.717) is 5.92 Å². The van der Waals surface area contributed by atoms with Crippen LogP contribution in [0.3, 0.4) is 0 Å². The van der Waals surface area contributed by atoms with E-state index in [2.05, 4.69) is 31.0 Å². The van der Waals surface area contributed by atoms with Crippen LogP contribution >= 0.6 is 11.3 Å². The molecule has 2 aromatic heterocycles. The van der Waals surface area contributed by atoms with Gasteiger partial charge in [-0.25, -0.2) is 8.78 Å². The fourth-order valence-electron chi connectivity index (χ4n) is 3.07. The van der Waals surface area contributed by atoms with Crippen LogP contribution in [0.25, 0.3) is 10.4 Å². The van der Waals surface area contributed by atoms with Gasteiger partial charge in [0, 0.05) is 27.7 Å². The molecule has 3 rings (SSSR count). The average molecular weight is 357 g/mol. The van der Waals surface area contributed by atoms with Crippen LogP contribution in [0, 0.1) is 17.6 Å². The maximum absolute atomic E-state index is 13.4. The molecule has 0 aliphatic rings. The summed E-state index contributed by atoms with van der Waals surface area (Å²) in [5.74, 6) is -1.23. The Bertz CT molecular complexity index is 842. The number of benzene rings is 1. The molecule has 0 aliphatic heterocycles. The molecular weight excluding hydrogens is 336 g/mol. The molecule has 0 radical (unpaired) electrons. The molecule has 25 heavy (non-hydrogen) atoms. The Balaban J connectivity index is 1.79. The second kappa shape index (κ2) is 7.87. The number of halogens is 2. The quantitative estimate of drug-likeness (QED) is 0.521. The van der Waals surface area contributed by atoms with Crippen molar-refractivity contribution in [1.29, 1.82) is 0 Å². The van der Waals surface area contributed by atoms with E-state index in [9.17, 15) is 8.78 Å². The van der Waals surface area contributed by atoms with Gasteiger partial charge in [-0.3, -0.25) is 4.98 Å². The van der Waals surface area contributed by atoms with Gasteiger partial charge in [-0.1, -0.05) is 26.0 Å². The predicted molar refractivity (Wildman–Crippen MR) is 99.9 cm³/mol. The van der Waals surface area contributed by atoms with Crippen LogP contribution in [-0.2, 0) is 19.3 Å². The lowest BCUT2D eigenvalue weighted by Crippen LogP contribution is -2.04. The average Bonchev–Trinajstić information content (AvgIpc) is 3.02. The Hall–Kier alpha value is -2.07. The SMILES string of the molecule is CCc1cc(CC(C)Cc2ccc(F)c(F)c2)c(-c2cccnc2)s1. The molecule has 3 aromatic rings. The summed E-state index contributed by atoms with van der Waals surface area (Å²) in [6.07, 6.45) is 6.31. The molecule has 130 valence electrons. The first-order chi connectivity index (χ1) is 12.1. The van der Waals surface area contributed by atoms with Crippen molar-refractivity contribution in [2.75, 3.05) is 0 Å². The van der Waals surface area contributed by atoms with Gasteiger partial charge in [0.2, 0.25) is 0 Å². The summed E-state index contributed by atoms with van der Waals surface area (Å²) in [4.78, 5) is 6.85. The second-order valence-electron chi connectivity index (χ2n) is 6.42. The van der Waals surface area contributed by atoms with Gasteiger partial charge in [-0.2, -0.15) is 0 Å². The smallest absolute Gasteiger partial charge is 0.159 e.